The molecular formula is C24H26N4O3. The highest BCUT2D eigenvalue weighted by Gasteiger charge is 2.19. The summed E-state index contributed by atoms with van der Waals surface area (Å²) in [6.45, 7) is 8.88. The average molecular weight is 418 g/mol. The number of carbonyl (C=O) groups excluding carboxylic acids is 2. The van der Waals surface area contributed by atoms with E-state index in [1.807, 2.05) is 51.1 Å². The molecule has 7 heteroatoms. The zero-order chi connectivity index (χ0) is 22.7. The van der Waals surface area contributed by atoms with Gasteiger partial charge < -0.3 is 10.6 Å². The summed E-state index contributed by atoms with van der Waals surface area (Å²) >= 11 is 0. The van der Waals surface area contributed by atoms with Gasteiger partial charge in [0.2, 0.25) is 11.8 Å². The summed E-state index contributed by atoms with van der Waals surface area (Å²) in [6.07, 6.45) is 0. The van der Waals surface area contributed by atoms with Crippen molar-refractivity contribution >= 4 is 23.2 Å². The van der Waals surface area contributed by atoms with Crippen molar-refractivity contribution in [1.29, 1.82) is 0 Å². The molecule has 0 bridgehead atoms. The number of amides is 2. The Morgan fingerprint density at radius 3 is 2.39 bits per heavy atom. The van der Waals surface area contributed by atoms with E-state index in [2.05, 4.69) is 15.7 Å². The number of aromatic nitrogens is 2. The molecule has 2 amide bonds. The van der Waals surface area contributed by atoms with Gasteiger partial charge in [-0.1, -0.05) is 24.3 Å². The van der Waals surface area contributed by atoms with Crippen LogP contribution in [0.2, 0.25) is 0 Å². The molecule has 1 heterocycles. The van der Waals surface area contributed by atoms with Gasteiger partial charge in [0.25, 0.3) is 5.56 Å². The second-order valence-electron chi connectivity index (χ2n) is 7.62. The maximum atomic E-state index is 12.8. The first-order valence-corrected chi connectivity index (χ1v) is 10.0. The monoisotopic (exact) mass is 418 g/mol. The van der Waals surface area contributed by atoms with Crippen LogP contribution in [0.5, 0.6) is 0 Å². The predicted molar refractivity (Wildman–Crippen MR) is 122 cm³/mol. The molecule has 3 rings (SSSR count). The Balaban J connectivity index is 1.92. The molecule has 7 nitrogen and oxygen atoms in total. The molecule has 3 aromatic rings. The molecule has 0 unspecified atom stereocenters. The van der Waals surface area contributed by atoms with E-state index in [1.165, 1.54) is 17.7 Å². The number of aryl methyl sites for hydroxylation is 2. The standard InChI is InChI=1S/C24H26N4O3/c1-14-7-6-8-20(16(14)3)26-24(31)17(4)28-23(30)12-11-21(27-28)19-10-9-15(2)22(13-19)25-18(5)29/h6-13,17H,1-5H3,(H,25,29)(H,26,31)/t17-/m1/s1. The van der Waals surface area contributed by atoms with E-state index in [4.69, 9.17) is 0 Å². The van der Waals surface area contributed by atoms with E-state index >= 15 is 0 Å². The van der Waals surface area contributed by atoms with Gasteiger partial charge >= 0.3 is 0 Å². The van der Waals surface area contributed by atoms with Crippen molar-refractivity contribution < 1.29 is 9.59 Å². The van der Waals surface area contributed by atoms with Crippen molar-refractivity contribution in [3.05, 3.63) is 75.6 Å². The number of hydrogen-bond donors (Lipinski definition) is 2. The maximum Gasteiger partial charge on any atom is 0.267 e. The van der Waals surface area contributed by atoms with Crippen LogP contribution in [0.25, 0.3) is 11.3 Å². The molecule has 0 radical (unpaired) electrons. The van der Waals surface area contributed by atoms with E-state index in [1.54, 1.807) is 19.1 Å². The zero-order valence-electron chi connectivity index (χ0n) is 18.3. The Labute approximate surface area is 181 Å². The molecule has 0 spiro atoms. The van der Waals surface area contributed by atoms with E-state index in [0.29, 0.717) is 17.1 Å². The molecular weight excluding hydrogens is 392 g/mol. The summed E-state index contributed by atoms with van der Waals surface area (Å²) in [7, 11) is 0. The molecule has 2 aromatic carbocycles. The van der Waals surface area contributed by atoms with Crippen molar-refractivity contribution in [3.8, 4) is 11.3 Å². The first kappa shape index (κ1) is 22.0. The van der Waals surface area contributed by atoms with Crippen LogP contribution in [0, 0.1) is 20.8 Å². The Kier molecular flexibility index (Phi) is 6.34. The maximum absolute atomic E-state index is 12.8. The van der Waals surface area contributed by atoms with Crippen LogP contribution in [-0.2, 0) is 9.59 Å². The number of benzene rings is 2. The molecule has 31 heavy (non-hydrogen) atoms. The fourth-order valence-electron chi connectivity index (χ4n) is 3.20. The second-order valence-corrected chi connectivity index (χ2v) is 7.62. The van der Waals surface area contributed by atoms with Crippen LogP contribution >= 0.6 is 0 Å². The highest BCUT2D eigenvalue weighted by molar-refractivity contribution is 5.94. The third-order valence-electron chi connectivity index (χ3n) is 5.28. The number of carbonyl (C=O) groups is 2. The molecule has 0 aliphatic carbocycles. The number of rotatable bonds is 5. The summed E-state index contributed by atoms with van der Waals surface area (Å²) in [5, 5.41) is 10.1. The third kappa shape index (κ3) is 4.88. The average Bonchev–Trinajstić information content (AvgIpc) is 2.72. The summed E-state index contributed by atoms with van der Waals surface area (Å²) in [6, 6.07) is 13.4. The van der Waals surface area contributed by atoms with Crippen LogP contribution in [0.1, 0.15) is 36.6 Å². The molecule has 1 aromatic heterocycles. The molecule has 0 saturated carbocycles. The Hall–Kier alpha value is -3.74. The molecule has 160 valence electrons. The van der Waals surface area contributed by atoms with Crippen LogP contribution in [0.15, 0.2) is 53.3 Å². The molecule has 2 N–H and O–H groups in total. The van der Waals surface area contributed by atoms with Crippen molar-refractivity contribution in [2.24, 2.45) is 0 Å². The number of nitrogens with one attached hydrogen (secondary N) is 2. The van der Waals surface area contributed by atoms with E-state index in [9.17, 15) is 14.4 Å². The van der Waals surface area contributed by atoms with Crippen molar-refractivity contribution in [2.45, 2.75) is 40.7 Å². The third-order valence-corrected chi connectivity index (χ3v) is 5.28. The lowest BCUT2D eigenvalue weighted by molar-refractivity contribution is -0.119. The van der Waals surface area contributed by atoms with Crippen molar-refractivity contribution in [3.63, 3.8) is 0 Å². The van der Waals surface area contributed by atoms with Gasteiger partial charge in [-0.2, -0.15) is 5.10 Å². The Morgan fingerprint density at radius 1 is 0.935 bits per heavy atom. The molecule has 0 aliphatic heterocycles. The topological polar surface area (TPSA) is 93.1 Å². The minimum atomic E-state index is -0.812. The summed E-state index contributed by atoms with van der Waals surface area (Å²) in [5.74, 6) is -0.502. The largest absolute Gasteiger partial charge is 0.326 e. The van der Waals surface area contributed by atoms with Gasteiger partial charge in [-0.25, -0.2) is 4.68 Å². The van der Waals surface area contributed by atoms with E-state index in [0.717, 1.165) is 22.3 Å². The highest BCUT2D eigenvalue weighted by atomic mass is 16.2. The minimum Gasteiger partial charge on any atom is -0.326 e. The Bertz CT molecular complexity index is 1210. The second kappa shape index (κ2) is 8.95. The van der Waals surface area contributed by atoms with Crippen LogP contribution < -0.4 is 16.2 Å². The van der Waals surface area contributed by atoms with Crippen LogP contribution in [0.3, 0.4) is 0 Å². The minimum absolute atomic E-state index is 0.171. The lowest BCUT2D eigenvalue weighted by Gasteiger charge is -2.17. The first-order valence-electron chi connectivity index (χ1n) is 10.0. The lowest BCUT2D eigenvalue weighted by Crippen LogP contribution is -2.33. The number of anilines is 2. The predicted octanol–water partition coefficient (Wildman–Crippen LogP) is 3.99. The number of nitrogens with zero attached hydrogens (tertiary/aromatic N) is 2. The SMILES string of the molecule is CC(=O)Nc1cc(-c2ccc(=O)n([C@H](C)C(=O)Nc3cccc(C)c3C)n2)ccc1C. The molecule has 0 aliphatic rings. The fourth-order valence-corrected chi connectivity index (χ4v) is 3.20. The normalized spacial score (nSPS) is 11.6. The smallest absolute Gasteiger partial charge is 0.267 e. The number of hydrogen-bond acceptors (Lipinski definition) is 4. The van der Waals surface area contributed by atoms with E-state index in [-0.39, 0.29) is 17.4 Å². The van der Waals surface area contributed by atoms with Gasteiger partial charge in [0.1, 0.15) is 6.04 Å². The van der Waals surface area contributed by atoms with Gasteiger partial charge in [0, 0.05) is 29.9 Å². The molecule has 0 saturated heterocycles. The molecule has 1 atom stereocenters. The van der Waals surface area contributed by atoms with Crippen LogP contribution in [0.4, 0.5) is 11.4 Å². The van der Waals surface area contributed by atoms with Crippen molar-refractivity contribution in [1.82, 2.24) is 9.78 Å². The Morgan fingerprint density at radius 2 is 1.68 bits per heavy atom. The summed E-state index contributed by atoms with van der Waals surface area (Å²) in [5.41, 5.74) is 5.21. The van der Waals surface area contributed by atoms with Gasteiger partial charge in [0.05, 0.1) is 5.69 Å². The fraction of sp³-hybridized carbons (Fsp3) is 0.250. The van der Waals surface area contributed by atoms with Crippen molar-refractivity contribution in [2.75, 3.05) is 10.6 Å². The van der Waals surface area contributed by atoms with Crippen LogP contribution in [-0.4, -0.2) is 21.6 Å². The van der Waals surface area contributed by atoms with E-state index < -0.39 is 6.04 Å². The first-order chi connectivity index (χ1) is 14.7. The lowest BCUT2D eigenvalue weighted by atomic mass is 10.1. The summed E-state index contributed by atoms with van der Waals surface area (Å²) < 4.78 is 1.17. The highest BCUT2D eigenvalue weighted by Crippen LogP contribution is 2.24. The van der Waals surface area contributed by atoms with Gasteiger partial charge in [-0.15, -0.1) is 0 Å². The van der Waals surface area contributed by atoms with Gasteiger partial charge in [-0.05, 0) is 62.6 Å². The zero-order valence-corrected chi connectivity index (χ0v) is 18.3. The molecule has 0 fully saturated rings. The van der Waals surface area contributed by atoms with Gasteiger partial charge in [0.15, 0.2) is 0 Å². The summed E-state index contributed by atoms with van der Waals surface area (Å²) in [4.78, 5) is 36.7. The quantitative estimate of drug-likeness (QED) is 0.655. The van der Waals surface area contributed by atoms with Gasteiger partial charge in [-0.3, -0.25) is 14.4 Å².